The van der Waals surface area contributed by atoms with Crippen molar-refractivity contribution in [2.45, 2.75) is 6.61 Å². The average Bonchev–Trinajstić information content (AvgIpc) is 2.57. The zero-order chi connectivity index (χ0) is 16.5. The summed E-state index contributed by atoms with van der Waals surface area (Å²) in [5, 5.41) is 13.5. The lowest BCUT2D eigenvalue weighted by Crippen LogP contribution is -2.11. The third-order valence-corrected chi connectivity index (χ3v) is 3.26. The molecule has 0 saturated carbocycles. The first-order valence-electron chi connectivity index (χ1n) is 7.15. The molecule has 122 valence electrons. The van der Waals surface area contributed by atoms with E-state index in [0.717, 1.165) is 11.1 Å². The number of hydrogen-bond acceptors (Lipinski definition) is 5. The first-order chi connectivity index (χ1) is 11.2. The van der Waals surface area contributed by atoms with E-state index in [2.05, 4.69) is 10.5 Å². The maximum Gasteiger partial charge on any atom is 0.170 e. The quantitative estimate of drug-likeness (QED) is 0.442. The Bertz CT molecular complexity index is 662. The predicted molar refractivity (Wildman–Crippen MR) is 91.5 cm³/mol. The average molecular weight is 335 g/mol. The second-order valence-electron chi connectivity index (χ2n) is 4.69. The Labute approximate surface area is 140 Å². The maximum absolute atomic E-state index is 8.74. The fourth-order valence-corrected chi connectivity index (χ4v) is 2.17. The van der Waals surface area contributed by atoms with Gasteiger partial charge in [0, 0.05) is 10.6 Å². The van der Waals surface area contributed by atoms with E-state index in [0.29, 0.717) is 29.7 Å². The molecule has 23 heavy (non-hydrogen) atoms. The zero-order valence-corrected chi connectivity index (χ0v) is 13.6. The molecule has 2 aromatic carbocycles. The molecule has 0 aliphatic rings. The predicted octanol–water partition coefficient (Wildman–Crippen LogP) is 2.84. The highest BCUT2D eigenvalue weighted by Crippen LogP contribution is 2.31. The largest absolute Gasteiger partial charge is 0.493 e. The molecular formula is C17H19ClN2O3. The Morgan fingerprint density at radius 3 is 2.83 bits per heavy atom. The minimum Gasteiger partial charge on any atom is -0.493 e. The van der Waals surface area contributed by atoms with Gasteiger partial charge in [-0.3, -0.25) is 0 Å². The Hall–Kier alpha value is -2.24. The van der Waals surface area contributed by atoms with Crippen LogP contribution in [0.25, 0.3) is 0 Å². The molecule has 2 aromatic rings. The second kappa shape index (κ2) is 9.02. The Morgan fingerprint density at radius 1 is 1.26 bits per heavy atom. The van der Waals surface area contributed by atoms with Crippen LogP contribution in [0.2, 0.25) is 5.02 Å². The highest BCUT2D eigenvalue weighted by Gasteiger charge is 2.09. The van der Waals surface area contributed by atoms with E-state index in [-0.39, 0.29) is 6.61 Å². The fourth-order valence-electron chi connectivity index (χ4n) is 1.96. The number of aliphatic hydroxyl groups is 1. The number of halogens is 1. The lowest BCUT2D eigenvalue weighted by atomic mass is 10.2. The number of nitrogens with zero attached hydrogens (tertiary/aromatic N) is 1. The number of nitrogens with one attached hydrogen (secondary N) is 1. The SMILES string of the molecule is COc1cccc(C=NNCCO)c1OCc1cccc(Cl)c1. The molecule has 0 heterocycles. The van der Waals surface area contributed by atoms with Crippen molar-refractivity contribution in [1.82, 2.24) is 5.43 Å². The van der Waals surface area contributed by atoms with E-state index in [9.17, 15) is 0 Å². The molecule has 0 unspecified atom stereocenters. The number of rotatable bonds is 8. The molecule has 2 N–H and O–H groups in total. The van der Waals surface area contributed by atoms with Gasteiger partial charge in [-0.25, -0.2) is 0 Å². The van der Waals surface area contributed by atoms with Gasteiger partial charge in [-0.2, -0.15) is 5.10 Å². The molecule has 0 saturated heterocycles. The van der Waals surface area contributed by atoms with Gasteiger partial charge in [-0.05, 0) is 29.8 Å². The second-order valence-corrected chi connectivity index (χ2v) is 5.12. The monoisotopic (exact) mass is 334 g/mol. The lowest BCUT2D eigenvalue weighted by Gasteiger charge is -2.13. The van der Waals surface area contributed by atoms with Gasteiger partial charge in [-0.1, -0.05) is 29.8 Å². The maximum atomic E-state index is 8.74. The number of methoxy groups -OCH3 is 1. The summed E-state index contributed by atoms with van der Waals surface area (Å²) >= 11 is 5.98. The van der Waals surface area contributed by atoms with Gasteiger partial charge in [0.1, 0.15) is 6.61 Å². The highest BCUT2D eigenvalue weighted by atomic mass is 35.5. The van der Waals surface area contributed by atoms with Crippen LogP contribution >= 0.6 is 11.6 Å². The Morgan fingerprint density at radius 2 is 2.09 bits per heavy atom. The summed E-state index contributed by atoms with van der Waals surface area (Å²) in [6.07, 6.45) is 1.63. The molecule has 0 atom stereocenters. The number of aliphatic hydroxyl groups excluding tert-OH is 1. The van der Waals surface area contributed by atoms with Crippen molar-refractivity contribution < 1.29 is 14.6 Å². The number of hydrogen-bond donors (Lipinski definition) is 2. The summed E-state index contributed by atoms with van der Waals surface area (Å²) < 4.78 is 11.3. The van der Waals surface area contributed by atoms with Crippen LogP contribution in [0.5, 0.6) is 11.5 Å². The molecule has 0 radical (unpaired) electrons. The van der Waals surface area contributed by atoms with E-state index in [4.69, 9.17) is 26.2 Å². The smallest absolute Gasteiger partial charge is 0.170 e. The van der Waals surface area contributed by atoms with Crippen molar-refractivity contribution >= 4 is 17.8 Å². The molecule has 0 spiro atoms. The number of hydrazone groups is 1. The molecule has 0 aliphatic heterocycles. The van der Waals surface area contributed by atoms with Gasteiger partial charge < -0.3 is 20.0 Å². The van der Waals surface area contributed by atoms with E-state index in [1.54, 1.807) is 13.3 Å². The summed E-state index contributed by atoms with van der Waals surface area (Å²) in [5.74, 6) is 1.22. The summed E-state index contributed by atoms with van der Waals surface area (Å²) in [5.41, 5.74) is 4.47. The summed E-state index contributed by atoms with van der Waals surface area (Å²) in [6.45, 7) is 0.776. The zero-order valence-electron chi connectivity index (χ0n) is 12.8. The van der Waals surface area contributed by atoms with Crippen LogP contribution in [0.4, 0.5) is 0 Å². The fraction of sp³-hybridized carbons (Fsp3) is 0.235. The molecule has 0 amide bonds. The van der Waals surface area contributed by atoms with Crippen molar-refractivity contribution in [2.75, 3.05) is 20.3 Å². The minimum absolute atomic E-state index is 0.0214. The molecule has 5 nitrogen and oxygen atoms in total. The van der Waals surface area contributed by atoms with Crippen LogP contribution < -0.4 is 14.9 Å². The van der Waals surface area contributed by atoms with Gasteiger partial charge in [-0.15, -0.1) is 0 Å². The Balaban J connectivity index is 2.16. The van der Waals surface area contributed by atoms with E-state index < -0.39 is 0 Å². The standard InChI is InChI=1S/C17H19ClN2O3/c1-22-16-7-3-5-14(11-20-19-8-9-21)17(16)23-12-13-4-2-6-15(18)10-13/h2-7,10-11,19,21H,8-9,12H2,1H3. The van der Waals surface area contributed by atoms with Crippen LogP contribution in [0.1, 0.15) is 11.1 Å². The first kappa shape index (κ1) is 17.1. The van der Waals surface area contributed by atoms with Crippen LogP contribution in [0.3, 0.4) is 0 Å². The van der Waals surface area contributed by atoms with Crippen LogP contribution in [0.15, 0.2) is 47.6 Å². The number of para-hydroxylation sites is 1. The summed E-state index contributed by atoms with van der Waals surface area (Å²) in [7, 11) is 1.59. The number of ether oxygens (including phenoxy) is 2. The van der Waals surface area contributed by atoms with E-state index in [1.807, 2.05) is 42.5 Å². The van der Waals surface area contributed by atoms with Gasteiger partial charge >= 0.3 is 0 Å². The Kier molecular flexibility index (Phi) is 6.72. The van der Waals surface area contributed by atoms with Crippen molar-refractivity contribution in [2.24, 2.45) is 5.10 Å². The first-order valence-corrected chi connectivity index (χ1v) is 7.53. The van der Waals surface area contributed by atoms with E-state index >= 15 is 0 Å². The third-order valence-electron chi connectivity index (χ3n) is 3.02. The topological polar surface area (TPSA) is 63.1 Å². The van der Waals surface area contributed by atoms with Crippen molar-refractivity contribution in [3.63, 3.8) is 0 Å². The highest BCUT2D eigenvalue weighted by molar-refractivity contribution is 6.30. The molecule has 0 fully saturated rings. The molecular weight excluding hydrogens is 316 g/mol. The van der Waals surface area contributed by atoms with Crippen LogP contribution in [0, 0.1) is 0 Å². The van der Waals surface area contributed by atoms with Crippen molar-refractivity contribution in [3.8, 4) is 11.5 Å². The minimum atomic E-state index is 0.0214. The lowest BCUT2D eigenvalue weighted by molar-refractivity contribution is 0.284. The molecule has 0 bridgehead atoms. The van der Waals surface area contributed by atoms with Crippen LogP contribution in [-0.2, 0) is 6.61 Å². The van der Waals surface area contributed by atoms with Crippen LogP contribution in [-0.4, -0.2) is 31.6 Å². The van der Waals surface area contributed by atoms with Crippen molar-refractivity contribution in [3.05, 3.63) is 58.6 Å². The normalized spacial score (nSPS) is 10.7. The number of benzene rings is 2. The summed E-state index contributed by atoms with van der Waals surface area (Å²) in [6, 6.07) is 13.1. The van der Waals surface area contributed by atoms with E-state index in [1.165, 1.54) is 0 Å². The van der Waals surface area contributed by atoms with Crippen molar-refractivity contribution in [1.29, 1.82) is 0 Å². The molecule has 6 heteroatoms. The van der Waals surface area contributed by atoms with Gasteiger partial charge in [0.05, 0.1) is 26.5 Å². The molecule has 2 rings (SSSR count). The summed E-state index contributed by atoms with van der Waals surface area (Å²) in [4.78, 5) is 0. The molecule has 0 aromatic heterocycles. The van der Waals surface area contributed by atoms with Gasteiger partial charge in [0.25, 0.3) is 0 Å². The van der Waals surface area contributed by atoms with Gasteiger partial charge in [0.15, 0.2) is 11.5 Å². The molecule has 0 aliphatic carbocycles. The van der Waals surface area contributed by atoms with Gasteiger partial charge in [0.2, 0.25) is 0 Å². The third kappa shape index (κ3) is 5.16.